The average molecular weight is 437 g/mol. The van der Waals surface area contributed by atoms with E-state index in [4.69, 9.17) is 12.2 Å². The first-order valence-corrected chi connectivity index (χ1v) is 11.3. The zero-order chi connectivity index (χ0) is 21.0. The lowest BCUT2D eigenvalue weighted by Crippen LogP contribution is -2.32. The van der Waals surface area contributed by atoms with Crippen LogP contribution in [-0.2, 0) is 16.4 Å². The summed E-state index contributed by atoms with van der Waals surface area (Å²) in [7, 11) is -3.77. The summed E-state index contributed by atoms with van der Waals surface area (Å²) >= 11 is 5.44. The molecule has 0 aliphatic carbocycles. The van der Waals surface area contributed by atoms with Gasteiger partial charge in [0.05, 0.1) is 10.9 Å². The maximum atomic E-state index is 13.1. The molecule has 4 rings (SSSR count). The van der Waals surface area contributed by atoms with Gasteiger partial charge < -0.3 is 0 Å². The van der Waals surface area contributed by atoms with Crippen LogP contribution in [-0.4, -0.2) is 23.2 Å². The van der Waals surface area contributed by atoms with E-state index in [-0.39, 0.29) is 4.90 Å². The standard InChI is InChI=1S/C22H20N4O2S2/c27-30(28,19-14-8-3-9-15-19)25-20(16-17-10-4-1-5-11-17)21-23-24-22(29)26(21)18-12-6-2-7-13-18/h1-15,20,25H,16H2,(H,24,29)/t20-/m0/s1. The topological polar surface area (TPSA) is 79.8 Å². The van der Waals surface area contributed by atoms with Crippen LogP contribution in [0.4, 0.5) is 0 Å². The van der Waals surface area contributed by atoms with Gasteiger partial charge >= 0.3 is 0 Å². The summed E-state index contributed by atoms with van der Waals surface area (Å²) in [5, 5.41) is 7.19. The van der Waals surface area contributed by atoms with Crippen molar-refractivity contribution in [2.75, 3.05) is 0 Å². The van der Waals surface area contributed by atoms with Gasteiger partial charge in [0.25, 0.3) is 0 Å². The van der Waals surface area contributed by atoms with E-state index in [1.165, 1.54) is 0 Å². The molecule has 1 heterocycles. The molecule has 1 aromatic heterocycles. The SMILES string of the molecule is O=S(=O)(N[C@@H](Cc1ccccc1)c1n[nH]c(=S)n1-c1ccccc1)c1ccccc1. The molecule has 0 radical (unpaired) electrons. The zero-order valence-electron chi connectivity index (χ0n) is 16.0. The Hall–Kier alpha value is -3.07. The molecule has 8 heteroatoms. The van der Waals surface area contributed by atoms with Gasteiger partial charge in [-0.25, -0.2) is 13.1 Å². The molecule has 3 aromatic carbocycles. The number of hydrogen-bond acceptors (Lipinski definition) is 4. The van der Waals surface area contributed by atoms with E-state index in [1.807, 2.05) is 60.7 Å². The number of nitrogens with zero attached hydrogens (tertiary/aromatic N) is 2. The van der Waals surface area contributed by atoms with Crippen LogP contribution in [0.2, 0.25) is 0 Å². The Morgan fingerprint density at radius 1 is 0.900 bits per heavy atom. The van der Waals surface area contributed by atoms with Gasteiger partial charge in [-0.15, -0.1) is 0 Å². The summed E-state index contributed by atoms with van der Waals surface area (Å²) in [5.74, 6) is 0.495. The van der Waals surface area contributed by atoms with Crippen molar-refractivity contribution in [3.8, 4) is 5.69 Å². The molecule has 0 saturated heterocycles. The number of hydrogen-bond donors (Lipinski definition) is 2. The summed E-state index contributed by atoms with van der Waals surface area (Å²) in [5.41, 5.74) is 1.79. The van der Waals surface area contributed by atoms with E-state index in [0.29, 0.717) is 17.0 Å². The highest BCUT2D eigenvalue weighted by molar-refractivity contribution is 7.89. The van der Waals surface area contributed by atoms with Crippen LogP contribution in [0.1, 0.15) is 17.4 Å². The normalized spacial score (nSPS) is 12.5. The average Bonchev–Trinajstić information content (AvgIpc) is 3.16. The molecule has 2 N–H and O–H groups in total. The third kappa shape index (κ3) is 4.40. The van der Waals surface area contributed by atoms with Crippen molar-refractivity contribution in [2.45, 2.75) is 17.4 Å². The fourth-order valence-electron chi connectivity index (χ4n) is 3.26. The minimum absolute atomic E-state index is 0.198. The molecular formula is C22H20N4O2S2. The molecule has 0 saturated carbocycles. The molecule has 0 amide bonds. The fraction of sp³-hybridized carbons (Fsp3) is 0.0909. The Morgan fingerprint density at radius 3 is 2.10 bits per heavy atom. The van der Waals surface area contributed by atoms with Crippen molar-refractivity contribution in [3.63, 3.8) is 0 Å². The van der Waals surface area contributed by atoms with Gasteiger partial charge in [0, 0.05) is 5.69 Å². The molecule has 0 aliphatic heterocycles. The monoisotopic (exact) mass is 436 g/mol. The predicted molar refractivity (Wildman–Crippen MR) is 118 cm³/mol. The largest absolute Gasteiger partial charge is 0.271 e. The maximum Gasteiger partial charge on any atom is 0.241 e. The van der Waals surface area contributed by atoms with Crippen LogP contribution in [0, 0.1) is 4.77 Å². The van der Waals surface area contributed by atoms with Crippen molar-refractivity contribution in [1.29, 1.82) is 0 Å². The lowest BCUT2D eigenvalue weighted by atomic mass is 10.1. The van der Waals surface area contributed by atoms with E-state index in [2.05, 4.69) is 14.9 Å². The minimum atomic E-state index is -3.77. The Labute approximate surface area is 180 Å². The minimum Gasteiger partial charge on any atom is -0.271 e. The van der Waals surface area contributed by atoms with Crippen LogP contribution < -0.4 is 4.72 Å². The second-order valence-electron chi connectivity index (χ2n) is 6.73. The van der Waals surface area contributed by atoms with Crippen molar-refractivity contribution < 1.29 is 8.42 Å². The smallest absolute Gasteiger partial charge is 0.241 e. The van der Waals surface area contributed by atoms with Crippen molar-refractivity contribution in [2.24, 2.45) is 0 Å². The van der Waals surface area contributed by atoms with Gasteiger partial charge in [0.2, 0.25) is 10.0 Å². The predicted octanol–water partition coefficient (Wildman–Crippen LogP) is 4.19. The molecule has 1 atom stereocenters. The Balaban J connectivity index is 1.79. The summed E-state index contributed by atoms with van der Waals surface area (Å²) in [4.78, 5) is 0.198. The second-order valence-corrected chi connectivity index (χ2v) is 8.84. The van der Waals surface area contributed by atoms with Crippen LogP contribution >= 0.6 is 12.2 Å². The number of benzene rings is 3. The number of nitrogens with one attached hydrogen (secondary N) is 2. The number of para-hydroxylation sites is 1. The van der Waals surface area contributed by atoms with E-state index < -0.39 is 16.1 Å². The number of rotatable bonds is 7. The van der Waals surface area contributed by atoms with Gasteiger partial charge in [0.15, 0.2) is 10.6 Å². The highest BCUT2D eigenvalue weighted by Gasteiger charge is 2.26. The van der Waals surface area contributed by atoms with Crippen molar-refractivity contribution in [1.82, 2.24) is 19.5 Å². The molecule has 0 fully saturated rings. The van der Waals surface area contributed by atoms with Gasteiger partial charge in [-0.2, -0.15) is 5.10 Å². The summed E-state index contributed by atoms with van der Waals surface area (Å²) in [6.45, 7) is 0. The van der Waals surface area contributed by atoms with E-state index in [1.54, 1.807) is 34.9 Å². The molecule has 0 spiro atoms. The Kier molecular flexibility index (Phi) is 5.89. The quantitative estimate of drug-likeness (QED) is 0.426. The fourth-order valence-corrected chi connectivity index (χ4v) is 4.72. The second kappa shape index (κ2) is 8.74. The molecule has 6 nitrogen and oxygen atoms in total. The van der Waals surface area contributed by atoms with Crippen LogP contribution in [0.25, 0.3) is 5.69 Å². The van der Waals surface area contributed by atoms with Crippen molar-refractivity contribution >= 4 is 22.2 Å². The first-order chi connectivity index (χ1) is 14.5. The van der Waals surface area contributed by atoms with E-state index in [9.17, 15) is 8.42 Å². The molecule has 0 bridgehead atoms. The molecule has 152 valence electrons. The van der Waals surface area contributed by atoms with Crippen LogP contribution in [0.3, 0.4) is 0 Å². The van der Waals surface area contributed by atoms with Crippen molar-refractivity contribution in [3.05, 3.63) is 107 Å². The number of sulfonamides is 1. The Morgan fingerprint density at radius 2 is 1.47 bits per heavy atom. The lowest BCUT2D eigenvalue weighted by molar-refractivity contribution is 0.538. The number of aromatic amines is 1. The lowest BCUT2D eigenvalue weighted by Gasteiger charge is -2.19. The summed E-state index contributed by atoms with van der Waals surface area (Å²) in [6.07, 6.45) is 0.416. The number of aromatic nitrogens is 3. The Bertz CT molecular complexity index is 1270. The first-order valence-electron chi connectivity index (χ1n) is 9.38. The molecule has 0 unspecified atom stereocenters. The molecule has 30 heavy (non-hydrogen) atoms. The van der Waals surface area contributed by atoms with Gasteiger partial charge in [-0.05, 0) is 48.5 Å². The van der Waals surface area contributed by atoms with Gasteiger partial charge in [-0.3, -0.25) is 9.67 Å². The maximum absolute atomic E-state index is 13.1. The first kappa shape index (κ1) is 20.2. The third-order valence-corrected chi connectivity index (χ3v) is 6.42. The third-order valence-electron chi connectivity index (χ3n) is 4.66. The number of H-pyrrole nitrogens is 1. The summed E-state index contributed by atoms with van der Waals surface area (Å²) in [6, 6.07) is 26.9. The van der Waals surface area contributed by atoms with E-state index >= 15 is 0 Å². The molecule has 4 aromatic rings. The van der Waals surface area contributed by atoms with E-state index in [0.717, 1.165) is 11.3 Å². The van der Waals surface area contributed by atoms with Crippen LogP contribution in [0.5, 0.6) is 0 Å². The molecular weight excluding hydrogens is 416 g/mol. The highest BCUT2D eigenvalue weighted by atomic mass is 32.2. The van der Waals surface area contributed by atoms with Crippen LogP contribution in [0.15, 0.2) is 95.9 Å². The zero-order valence-corrected chi connectivity index (χ0v) is 17.6. The molecule has 0 aliphatic rings. The highest BCUT2D eigenvalue weighted by Crippen LogP contribution is 2.23. The summed E-state index contributed by atoms with van der Waals surface area (Å²) < 4.78 is 31.1. The van der Waals surface area contributed by atoms with Gasteiger partial charge in [-0.1, -0.05) is 66.7 Å². The van der Waals surface area contributed by atoms with Gasteiger partial charge in [0.1, 0.15) is 0 Å².